The maximum absolute atomic E-state index is 12.5. The fourth-order valence-corrected chi connectivity index (χ4v) is 4.20. The molecule has 1 amide bonds. The highest BCUT2D eigenvalue weighted by Crippen LogP contribution is 2.29. The highest BCUT2D eigenvalue weighted by atomic mass is 32.2. The smallest absolute Gasteiger partial charge is 0.230 e. The van der Waals surface area contributed by atoms with Gasteiger partial charge in [-0.1, -0.05) is 23.9 Å². The van der Waals surface area contributed by atoms with Gasteiger partial charge in [0.15, 0.2) is 22.5 Å². The summed E-state index contributed by atoms with van der Waals surface area (Å²) in [5.41, 5.74) is 1.98. The number of aromatic nitrogens is 3. The fourth-order valence-electron chi connectivity index (χ4n) is 3.42. The summed E-state index contributed by atoms with van der Waals surface area (Å²) in [6, 6.07) is 13.5. The van der Waals surface area contributed by atoms with E-state index in [2.05, 4.69) is 22.1 Å². The molecule has 9 heteroatoms. The van der Waals surface area contributed by atoms with Crippen molar-refractivity contribution in [3.05, 3.63) is 60.7 Å². The quantitative estimate of drug-likeness (QED) is 0.262. The third-order valence-electron chi connectivity index (χ3n) is 5.05. The number of rotatable bonds is 14. The molecule has 0 saturated heterocycles. The minimum absolute atomic E-state index is 0.0647. The van der Waals surface area contributed by atoms with Crippen molar-refractivity contribution in [2.75, 3.05) is 32.6 Å². The minimum atomic E-state index is -0.0647. The molecule has 0 atom stereocenters. The van der Waals surface area contributed by atoms with E-state index < -0.39 is 0 Å². The van der Waals surface area contributed by atoms with Crippen LogP contribution in [-0.4, -0.2) is 53.3 Å². The highest BCUT2D eigenvalue weighted by molar-refractivity contribution is 7.99. The molecule has 2 aromatic carbocycles. The van der Waals surface area contributed by atoms with E-state index in [1.54, 1.807) is 13.2 Å². The Morgan fingerprint density at radius 2 is 1.83 bits per heavy atom. The number of ether oxygens (including phenoxy) is 3. The number of carbonyl (C=O) groups is 1. The predicted octanol–water partition coefficient (Wildman–Crippen LogP) is 4.39. The number of carbonyl (C=O) groups excluding carboxylic acids is 1. The Bertz CT molecular complexity index is 1120. The Morgan fingerprint density at radius 3 is 2.51 bits per heavy atom. The highest BCUT2D eigenvalue weighted by Gasteiger charge is 2.15. The molecule has 3 aromatic rings. The van der Waals surface area contributed by atoms with Crippen molar-refractivity contribution < 1.29 is 19.0 Å². The third-order valence-corrected chi connectivity index (χ3v) is 6.02. The van der Waals surface area contributed by atoms with Crippen LogP contribution in [0, 0.1) is 0 Å². The molecule has 0 unspecified atom stereocenters. The minimum Gasteiger partial charge on any atom is -0.497 e. The summed E-state index contributed by atoms with van der Waals surface area (Å²) in [7, 11) is 1.63. The number of benzene rings is 2. The maximum atomic E-state index is 12.5. The number of amides is 1. The first-order valence-corrected chi connectivity index (χ1v) is 12.5. The van der Waals surface area contributed by atoms with E-state index in [1.165, 1.54) is 11.8 Å². The molecule has 1 heterocycles. The van der Waals surface area contributed by atoms with Crippen LogP contribution >= 0.6 is 11.8 Å². The number of hydrogen-bond acceptors (Lipinski definition) is 7. The molecule has 8 nitrogen and oxygen atoms in total. The summed E-state index contributed by atoms with van der Waals surface area (Å²) in [5.74, 6) is 3.13. The summed E-state index contributed by atoms with van der Waals surface area (Å²) >= 11 is 1.35. The van der Waals surface area contributed by atoms with Crippen LogP contribution in [0.25, 0.3) is 11.4 Å². The van der Waals surface area contributed by atoms with Crippen LogP contribution in [0.5, 0.6) is 17.2 Å². The predicted molar refractivity (Wildman–Crippen MR) is 138 cm³/mol. The lowest BCUT2D eigenvalue weighted by atomic mass is 10.1. The van der Waals surface area contributed by atoms with Gasteiger partial charge in [0.25, 0.3) is 0 Å². The molecule has 0 aliphatic carbocycles. The largest absolute Gasteiger partial charge is 0.497 e. The SMILES string of the molecule is C=CCn1c(SCC(=O)NCCc2ccc(OCC)c(OCC)c2)nnc1-c1ccc(OC)cc1. The Morgan fingerprint density at radius 1 is 1.09 bits per heavy atom. The Kier molecular flexibility index (Phi) is 10.0. The summed E-state index contributed by atoms with van der Waals surface area (Å²) in [6.07, 6.45) is 2.48. The van der Waals surface area contributed by atoms with Gasteiger partial charge in [0.1, 0.15) is 5.75 Å². The van der Waals surface area contributed by atoms with Crippen LogP contribution in [-0.2, 0) is 17.8 Å². The van der Waals surface area contributed by atoms with E-state index in [-0.39, 0.29) is 11.7 Å². The molecule has 0 fully saturated rings. The molecule has 186 valence electrons. The average Bonchev–Trinajstić information content (AvgIpc) is 3.27. The van der Waals surface area contributed by atoms with Crippen molar-refractivity contribution >= 4 is 17.7 Å². The van der Waals surface area contributed by atoms with Gasteiger partial charge >= 0.3 is 0 Å². The van der Waals surface area contributed by atoms with Crippen LogP contribution in [0.2, 0.25) is 0 Å². The molecule has 1 N–H and O–H groups in total. The number of thioether (sulfide) groups is 1. The van der Waals surface area contributed by atoms with Gasteiger partial charge in [0, 0.05) is 18.7 Å². The third kappa shape index (κ3) is 7.26. The molecule has 0 saturated carbocycles. The van der Waals surface area contributed by atoms with Crippen LogP contribution in [0.4, 0.5) is 0 Å². The molecule has 35 heavy (non-hydrogen) atoms. The molecule has 0 aliphatic rings. The molecule has 0 aliphatic heterocycles. The molecular formula is C26H32N4O4S. The topological polar surface area (TPSA) is 87.5 Å². The van der Waals surface area contributed by atoms with Gasteiger partial charge in [0.2, 0.25) is 5.91 Å². The fraction of sp³-hybridized carbons (Fsp3) is 0.346. The lowest BCUT2D eigenvalue weighted by Crippen LogP contribution is -2.27. The van der Waals surface area contributed by atoms with E-state index >= 15 is 0 Å². The normalized spacial score (nSPS) is 10.6. The number of nitrogens with one attached hydrogen (secondary N) is 1. The van der Waals surface area contributed by atoms with Crippen molar-refractivity contribution in [3.63, 3.8) is 0 Å². The van der Waals surface area contributed by atoms with Gasteiger partial charge in [-0.3, -0.25) is 9.36 Å². The first-order chi connectivity index (χ1) is 17.1. The molecular weight excluding hydrogens is 464 g/mol. The summed E-state index contributed by atoms with van der Waals surface area (Å²) < 4.78 is 18.5. The van der Waals surface area contributed by atoms with Gasteiger partial charge in [-0.25, -0.2) is 0 Å². The Labute approximate surface area is 210 Å². The van der Waals surface area contributed by atoms with Crippen LogP contribution in [0.3, 0.4) is 0 Å². The van der Waals surface area contributed by atoms with E-state index in [4.69, 9.17) is 14.2 Å². The van der Waals surface area contributed by atoms with E-state index in [1.807, 2.05) is 60.9 Å². The molecule has 0 radical (unpaired) electrons. The molecule has 3 rings (SSSR count). The van der Waals surface area contributed by atoms with Crippen molar-refractivity contribution in [1.29, 1.82) is 0 Å². The van der Waals surface area contributed by atoms with Gasteiger partial charge in [0.05, 0.1) is 26.1 Å². The van der Waals surface area contributed by atoms with Gasteiger partial charge in [-0.2, -0.15) is 0 Å². The zero-order valence-electron chi connectivity index (χ0n) is 20.5. The van der Waals surface area contributed by atoms with Crippen LogP contribution in [0.1, 0.15) is 19.4 Å². The van der Waals surface area contributed by atoms with Crippen molar-refractivity contribution in [2.45, 2.75) is 32.0 Å². The lowest BCUT2D eigenvalue weighted by molar-refractivity contribution is -0.118. The van der Waals surface area contributed by atoms with Crippen LogP contribution < -0.4 is 19.5 Å². The first-order valence-electron chi connectivity index (χ1n) is 11.6. The second kappa shape index (κ2) is 13.4. The van der Waals surface area contributed by atoms with Gasteiger partial charge in [-0.15, -0.1) is 16.8 Å². The number of methoxy groups -OCH3 is 1. The average molecular weight is 497 g/mol. The number of hydrogen-bond donors (Lipinski definition) is 1. The van der Waals surface area contributed by atoms with Crippen molar-refractivity contribution in [3.8, 4) is 28.6 Å². The molecule has 1 aromatic heterocycles. The Balaban J connectivity index is 1.55. The zero-order valence-corrected chi connectivity index (χ0v) is 21.3. The van der Waals surface area contributed by atoms with Crippen LogP contribution in [0.15, 0.2) is 60.3 Å². The standard InChI is InChI=1S/C26H32N4O4S/c1-5-16-30-25(20-9-11-21(32-4)12-10-20)28-29-26(30)35-18-24(31)27-15-14-19-8-13-22(33-6-2)23(17-19)34-7-3/h5,8-13,17H,1,6-7,14-16,18H2,2-4H3,(H,27,31). The monoisotopic (exact) mass is 496 g/mol. The summed E-state index contributed by atoms with van der Waals surface area (Å²) in [4.78, 5) is 12.5. The summed E-state index contributed by atoms with van der Waals surface area (Å²) in [5, 5.41) is 12.3. The van der Waals surface area contributed by atoms with E-state index in [0.717, 1.165) is 34.2 Å². The van der Waals surface area contributed by atoms with Crippen molar-refractivity contribution in [2.24, 2.45) is 0 Å². The van der Waals surface area contributed by atoms with E-state index in [9.17, 15) is 4.79 Å². The zero-order chi connectivity index (χ0) is 25.0. The number of nitrogens with zero attached hydrogens (tertiary/aromatic N) is 3. The van der Waals surface area contributed by atoms with Gasteiger partial charge in [-0.05, 0) is 62.2 Å². The van der Waals surface area contributed by atoms with Gasteiger partial charge < -0.3 is 19.5 Å². The first kappa shape index (κ1) is 26.2. The second-order valence-corrected chi connectivity index (χ2v) is 8.41. The second-order valence-electron chi connectivity index (χ2n) is 7.47. The number of allylic oxidation sites excluding steroid dienone is 1. The maximum Gasteiger partial charge on any atom is 0.230 e. The Hall–Kier alpha value is -3.46. The van der Waals surface area contributed by atoms with Crippen molar-refractivity contribution in [1.82, 2.24) is 20.1 Å². The summed E-state index contributed by atoms with van der Waals surface area (Å²) in [6.45, 7) is 9.92. The van der Waals surface area contributed by atoms with E-state index in [0.29, 0.717) is 37.9 Å². The molecule has 0 spiro atoms. The molecule has 0 bridgehead atoms. The lowest BCUT2D eigenvalue weighted by Gasteiger charge is -2.12.